The molecular formula is C25H23F3N6O4. The van der Waals surface area contributed by atoms with Crippen molar-refractivity contribution < 1.29 is 27.8 Å². The van der Waals surface area contributed by atoms with Crippen molar-refractivity contribution in [1.82, 2.24) is 25.1 Å². The Morgan fingerprint density at radius 3 is 2.74 bits per heavy atom. The van der Waals surface area contributed by atoms with Crippen LogP contribution in [-0.4, -0.2) is 62.6 Å². The van der Waals surface area contributed by atoms with Gasteiger partial charge in [-0.25, -0.2) is 22.8 Å². The van der Waals surface area contributed by atoms with E-state index in [0.29, 0.717) is 27.9 Å². The second kappa shape index (κ2) is 10.9. The Balaban J connectivity index is 1.66. The van der Waals surface area contributed by atoms with Gasteiger partial charge in [0.1, 0.15) is 43.6 Å². The number of fused-ring (bicyclic) bond motifs is 2. The minimum absolute atomic E-state index is 0.0965. The van der Waals surface area contributed by atoms with Crippen LogP contribution in [0.1, 0.15) is 24.0 Å². The van der Waals surface area contributed by atoms with Crippen molar-refractivity contribution in [3.8, 4) is 11.8 Å². The van der Waals surface area contributed by atoms with Crippen molar-refractivity contribution >= 4 is 27.7 Å². The summed E-state index contributed by atoms with van der Waals surface area (Å²) in [7, 11) is 0. The van der Waals surface area contributed by atoms with Gasteiger partial charge in [0.15, 0.2) is 0 Å². The maximum absolute atomic E-state index is 13.3. The molecule has 1 unspecified atom stereocenters. The van der Waals surface area contributed by atoms with Gasteiger partial charge < -0.3 is 20.1 Å². The van der Waals surface area contributed by atoms with Gasteiger partial charge in [0.25, 0.3) is 11.5 Å². The molecule has 10 nitrogen and oxygen atoms in total. The molecule has 0 spiro atoms. The standard InChI is InChI=1S/C25H23F3N6O4/c1-14(26)11-38-21-7-20-19(6-15(21)9-29)31-22(32-20)8-18-16-4-2-3-5-17(16)24(37)34(33-18)10-23(36)30-12-25(27,28)13-35/h2-7,14,35H,8,10-13H2,1H3,(H,30,36)(H,31,32). The van der Waals surface area contributed by atoms with E-state index in [0.717, 1.165) is 4.68 Å². The minimum atomic E-state index is -3.50. The van der Waals surface area contributed by atoms with Gasteiger partial charge in [0.2, 0.25) is 5.91 Å². The topological polar surface area (TPSA) is 146 Å². The molecule has 0 aliphatic heterocycles. The molecule has 0 radical (unpaired) electrons. The first-order valence-corrected chi connectivity index (χ1v) is 11.5. The van der Waals surface area contributed by atoms with E-state index in [1.54, 1.807) is 24.3 Å². The highest BCUT2D eigenvalue weighted by Gasteiger charge is 2.28. The summed E-state index contributed by atoms with van der Waals surface area (Å²) in [5.41, 5.74) is 0.987. The van der Waals surface area contributed by atoms with Crippen LogP contribution in [0.3, 0.4) is 0 Å². The lowest BCUT2D eigenvalue weighted by Crippen LogP contribution is -2.41. The number of hydrogen-bond acceptors (Lipinski definition) is 7. The quantitative estimate of drug-likeness (QED) is 0.286. The fourth-order valence-corrected chi connectivity index (χ4v) is 3.76. The fraction of sp³-hybridized carbons (Fsp3) is 0.320. The average molecular weight is 528 g/mol. The number of aromatic nitrogens is 4. The van der Waals surface area contributed by atoms with E-state index >= 15 is 0 Å². The summed E-state index contributed by atoms with van der Waals surface area (Å²) >= 11 is 0. The number of aromatic amines is 1. The molecule has 0 fully saturated rings. The molecular weight excluding hydrogens is 505 g/mol. The number of halogens is 3. The Bertz CT molecular complexity index is 1590. The van der Waals surface area contributed by atoms with Crippen LogP contribution >= 0.6 is 0 Å². The summed E-state index contributed by atoms with van der Waals surface area (Å²) in [6, 6.07) is 11.7. The summed E-state index contributed by atoms with van der Waals surface area (Å²) < 4.78 is 46.1. The fourth-order valence-electron chi connectivity index (χ4n) is 3.76. The first-order valence-electron chi connectivity index (χ1n) is 11.5. The number of imidazole rings is 1. The lowest BCUT2D eigenvalue weighted by molar-refractivity contribution is -0.124. The Kier molecular flexibility index (Phi) is 7.63. The molecule has 1 amide bonds. The SMILES string of the molecule is CC(F)COc1cc2nc(Cc3nn(CC(=O)NCC(F)(F)CO)c(=O)c4ccccc34)[nH]c2cc1C#N. The van der Waals surface area contributed by atoms with E-state index in [1.165, 1.54) is 19.1 Å². The summed E-state index contributed by atoms with van der Waals surface area (Å²) in [6.45, 7) is -2.02. The van der Waals surface area contributed by atoms with Crippen molar-refractivity contribution in [2.45, 2.75) is 32.0 Å². The number of alkyl halides is 3. The Hall–Kier alpha value is -4.44. The number of carbonyl (C=O) groups is 1. The van der Waals surface area contributed by atoms with Gasteiger partial charge in [-0.2, -0.15) is 10.4 Å². The number of hydrogen-bond donors (Lipinski definition) is 3. The first-order chi connectivity index (χ1) is 18.1. The second-order valence-corrected chi connectivity index (χ2v) is 8.68. The van der Waals surface area contributed by atoms with E-state index in [2.05, 4.69) is 15.1 Å². The molecule has 2 aromatic carbocycles. The monoisotopic (exact) mass is 528 g/mol. The molecule has 0 aliphatic carbocycles. The highest BCUT2D eigenvalue weighted by molar-refractivity contribution is 5.85. The first kappa shape index (κ1) is 26.6. The molecule has 4 rings (SSSR count). The maximum atomic E-state index is 13.3. The molecule has 2 heterocycles. The number of nitriles is 1. The van der Waals surface area contributed by atoms with E-state index in [4.69, 9.17) is 9.84 Å². The van der Waals surface area contributed by atoms with E-state index in [1.807, 2.05) is 11.4 Å². The number of rotatable bonds is 10. The molecule has 4 aromatic rings. The Labute approximate surface area is 213 Å². The molecule has 3 N–H and O–H groups in total. The largest absolute Gasteiger partial charge is 0.489 e. The number of ether oxygens (including phenoxy) is 1. The lowest BCUT2D eigenvalue weighted by Gasteiger charge is -2.14. The normalized spacial score (nSPS) is 12.4. The van der Waals surface area contributed by atoms with Gasteiger partial charge in [-0.15, -0.1) is 0 Å². The smallest absolute Gasteiger partial charge is 0.287 e. The van der Waals surface area contributed by atoms with Crippen LogP contribution < -0.4 is 15.6 Å². The van der Waals surface area contributed by atoms with E-state index in [-0.39, 0.29) is 29.7 Å². The van der Waals surface area contributed by atoms with Gasteiger partial charge in [-0.3, -0.25) is 9.59 Å². The van der Waals surface area contributed by atoms with Crippen molar-refractivity contribution in [2.24, 2.45) is 0 Å². The summed E-state index contributed by atoms with van der Waals surface area (Å²) in [4.78, 5) is 32.7. The summed E-state index contributed by atoms with van der Waals surface area (Å²) in [5.74, 6) is -3.76. The predicted molar refractivity (Wildman–Crippen MR) is 131 cm³/mol. The van der Waals surface area contributed by atoms with Crippen LogP contribution in [0.25, 0.3) is 21.8 Å². The third-order valence-corrected chi connectivity index (χ3v) is 5.57. The van der Waals surface area contributed by atoms with Crippen LogP contribution in [0.4, 0.5) is 13.2 Å². The van der Waals surface area contributed by atoms with Crippen LogP contribution in [0.2, 0.25) is 0 Å². The number of nitrogens with zero attached hydrogens (tertiary/aromatic N) is 4. The van der Waals surface area contributed by atoms with Crippen LogP contribution in [0.5, 0.6) is 5.75 Å². The van der Waals surface area contributed by atoms with E-state index < -0.39 is 43.3 Å². The van der Waals surface area contributed by atoms with Crippen LogP contribution in [-0.2, 0) is 17.8 Å². The number of aliphatic hydroxyl groups is 1. The lowest BCUT2D eigenvalue weighted by atomic mass is 10.1. The zero-order valence-electron chi connectivity index (χ0n) is 20.2. The number of carbonyl (C=O) groups excluding carboxylic acids is 1. The molecule has 0 saturated heterocycles. The average Bonchev–Trinajstić information content (AvgIpc) is 3.29. The van der Waals surface area contributed by atoms with Gasteiger partial charge in [0, 0.05) is 11.5 Å². The molecule has 198 valence electrons. The second-order valence-electron chi connectivity index (χ2n) is 8.68. The van der Waals surface area contributed by atoms with Crippen molar-refractivity contribution in [3.63, 3.8) is 0 Å². The molecule has 0 saturated carbocycles. The van der Waals surface area contributed by atoms with Crippen molar-refractivity contribution in [3.05, 3.63) is 63.8 Å². The number of H-pyrrole nitrogens is 1. The highest BCUT2D eigenvalue weighted by Crippen LogP contribution is 2.26. The van der Waals surface area contributed by atoms with Gasteiger partial charge in [0.05, 0.1) is 40.6 Å². The number of amides is 1. The molecule has 38 heavy (non-hydrogen) atoms. The molecule has 0 aliphatic rings. The molecule has 2 aromatic heterocycles. The van der Waals surface area contributed by atoms with E-state index in [9.17, 15) is 28.0 Å². The molecule has 13 heteroatoms. The Morgan fingerprint density at radius 1 is 1.32 bits per heavy atom. The van der Waals surface area contributed by atoms with Gasteiger partial charge in [-0.05, 0) is 19.1 Å². The number of nitrogens with one attached hydrogen (secondary N) is 2. The predicted octanol–water partition coefficient (Wildman–Crippen LogP) is 2.22. The summed E-state index contributed by atoms with van der Waals surface area (Å²) in [6.07, 6.45) is -1.13. The minimum Gasteiger partial charge on any atom is -0.489 e. The number of benzene rings is 2. The zero-order valence-corrected chi connectivity index (χ0v) is 20.2. The van der Waals surface area contributed by atoms with Crippen molar-refractivity contribution in [1.29, 1.82) is 5.26 Å². The number of aliphatic hydroxyl groups excluding tert-OH is 1. The van der Waals surface area contributed by atoms with Crippen LogP contribution in [0.15, 0.2) is 41.2 Å². The van der Waals surface area contributed by atoms with Gasteiger partial charge >= 0.3 is 0 Å². The van der Waals surface area contributed by atoms with Crippen LogP contribution in [0, 0.1) is 11.3 Å². The third kappa shape index (κ3) is 5.92. The third-order valence-electron chi connectivity index (χ3n) is 5.57. The van der Waals surface area contributed by atoms with Gasteiger partial charge in [-0.1, -0.05) is 18.2 Å². The highest BCUT2D eigenvalue weighted by atomic mass is 19.3. The van der Waals surface area contributed by atoms with Crippen molar-refractivity contribution in [2.75, 3.05) is 19.8 Å². The maximum Gasteiger partial charge on any atom is 0.287 e. The summed E-state index contributed by atoms with van der Waals surface area (Å²) in [5, 5.41) is 25.2. The molecule has 1 atom stereocenters. The molecule has 0 bridgehead atoms. The Morgan fingerprint density at radius 2 is 2.05 bits per heavy atom. The zero-order chi connectivity index (χ0) is 27.4.